The van der Waals surface area contributed by atoms with E-state index in [1.54, 1.807) is 34.1 Å². The van der Waals surface area contributed by atoms with Crippen molar-refractivity contribution in [2.75, 3.05) is 24.6 Å². The molecule has 0 atom stereocenters. The maximum Gasteiger partial charge on any atom is 0.265 e. The van der Waals surface area contributed by atoms with Crippen LogP contribution in [-0.2, 0) is 16.1 Å². The van der Waals surface area contributed by atoms with Gasteiger partial charge in [0.05, 0.1) is 5.69 Å². The van der Waals surface area contributed by atoms with Crippen LogP contribution in [0.5, 0.6) is 5.75 Å². The van der Waals surface area contributed by atoms with E-state index in [1.165, 1.54) is 12.1 Å². The molecule has 0 saturated carbocycles. The molecule has 136 valence electrons. The second-order valence-electron chi connectivity index (χ2n) is 6.09. The Bertz CT molecular complexity index is 809. The van der Waals surface area contributed by atoms with Crippen molar-refractivity contribution >= 4 is 17.5 Å². The molecular formula is C20H21FN2O3. The lowest BCUT2D eigenvalue weighted by atomic mass is 10.2. The Kier molecular flexibility index (Phi) is 5.51. The van der Waals surface area contributed by atoms with Gasteiger partial charge in [-0.1, -0.05) is 24.3 Å². The highest BCUT2D eigenvalue weighted by Gasteiger charge is 2.26. The minimum atomic E-state index is -0.318. The summed E-state index contributed by atoms with van der Waals surface area (Å²) >= 11 is 0. The number of nitrogens with zero attached hydrogens (tertiary/aromatic N) is 2. The number of anilines is 1. The van der Waals surface area contributed by atoms with E-state index in [9.17, 15) is 14.0 Å². The first-order valence-corrected chi connectivity index (χ1v) is 8.63. The third-order valence-electron chi connectivity index (χ3n) is 4.35. The van der Waals surface area contributed by atoms with Gasteiger partial charge in [0.25, 0.3) is 5.91 Å². The molecule has 6 heteroatoms. The van der Waals surface area contributed by atoms with E-state index < -0.39 is 0 Å². The van der Waals surface area contributed by atoms with Gasteiger partial charge >= 0.3 is 0 Å². The molecule has 2 aromatic rings. The molecule has 0 fully saturated rings. The molecule has 2 aromatic carbocycles. The molecule has 1 aliphatic rings. The van der Waals surface area contributed by atoms with E-state index in [-0.39, 0.29) is 37.2 Å². The molecule has 0 saturated heterocycles. The topological polar surface area (TPSA) is 49.9 Å². The number of rotatable bonds is 6. The highest BCUT2D eigenvalue weighted by Crippen LogP contribution is 2.31. The van der Waals surface area contributed by atoms with Crippen LogP contribution in [0.25, 0.3) is 0 Å². The van der Waals surface area contributed by atoms with E-state index >= 15 is 0 Å². The van der Waals surface area contributed by atoms with Crippen LogP contribution in [0.15, 0.2) is 48.5 Å². The number of carbonyl (C=O) groups excluding carboxylic acids is 2. The fraction of sp³-hybridized carbons (Fsp3) is 0.300. The Morgan fingerprint density at radius 1 is 1.23 bits per heavy atom. The molecule has 5 nitrogen and oxygen atoms in total. The SMILES string of the molecule is CCN(Cc1cccc(F)c1)C(=O)CCN1C(=O)COc2ccccc21. The number of ether oxygens (including phenoxy) is 1. The van der Waals surface area contributed by atoms with Crippen molar-refractivity contribution in [3.63, 3.8) is 0 Å². The number of carbonyl (C=O) groups is 2. The molecule has 0 N–H and O–H groups in total. The number of fused-ring (bicyclic) bond motifs is 1. The van der Waals surface area contributed by atoms with E-state index in [4.69, 9.17) is 4.74 Å². The van der Waals surface area contributed by atoms with Crippen molar-refractivity contribution in [2.45, 2.75) is 19.9 Å². The Morgan fingerprint density at radius 3 is 2.81 bits per heavy atom. The predicted molar refractivity (Wildman–Crippen MR) is 96.4 cm³/mol. The highest BCUT2D eigenvalue weighted by molar-refractivity contribution is 5.98. The van der Waals surface area contributed by atoms with E-state index in [0.717, 1.165) is 5.56 Å². The predicted octanol–water partition coefficient (Wildman–Crippen LogP) is 2.99. The molecule has 3 rings (SSSR count). The van der Waals surface area contributed by atoms with Crippen LogP contribution in [0, 0.1) is 5.82 Å². The summed E-state index contributed by atoms with van der Waals surface area (Å²) in [5, 5.41) is 0. The van der Waals surface area contributed by atoms with Crippen molar-refractivity contribution in [1.29, 1.82) is 0 Å². The molecule has 2 amide bonds. The van der Waals surface area contributed by atoms with Crippen LogP contribution < -0.4 is 9.64 Å². The molecule has 0 radical (unpaired) electrons. The zero-order chi connectivity index (χ0) is 18.5. The number of amides is 2. The zero-order valence-electron chi connectivity index (χ0n) is 14.7. The monoisotopic (exact) mass is 356 g/mol. The van der Waals surface area contributed by atoms with E-state index in [0.29, 0.717) is 24.5 Å². The number of hydrogen-bond donors (Lipinski definition) is 0. The molecule has 1 heterocycles. The minimum absolute atomic E-state index is 0.0218. The van der Waals surface area contributed by atoms with Crippen molar-refractivity contribution < 1.29 is 18.7 Å². The van der Waals surface area contributed by atoms with Gasteiger partial charge in [0, 0.05) is 26.1 Å². The van der Waals surface area contributed by atoms with Gasteiger partial charge in [-0.2, -0.15) is 0 Å². The maximum absolute atomic E-state index is 13.3. The molecule has 0 bridgehead atoms. The van der Waals surface area contributed by atoms with Gasteiger partial charge in [0.2, 0.25) is 5.91 Å². The standard InChI is InChI=1S/C20H21FN2O3/c1-2-22(13-15-6-5-7-16(21)12-15)19(24)10-11-23-17-8-3-4-9-18(17)26-14-20(23)25/h3-9,12H,2,10-11,13-14H2,1H3. The third-order valence-corrected chi connectivity index (χ3v) is 4.35. The summed E-state index contributed by atoms with van der Waals surface area (Å²) < 4.78 is 18.7. The average Bonchev–Trinajstić information content (AvgIpc) is 2.65. The van der Waals surface area contributed by atoms with Gasteiger partial charge < -0.3 is 14.5 Å². The summed E-state index contributed by atoms with van der Waals surface area (Å²) in [6.07, 6.45) is 0.198. The third kappa shape index (κ3) is 4.02. The summed E-state index contributed by atoms with van der Waals surface area (Å²) in [6, 6.07) is 13.5. The average molecular weight is 356 g/mol. The number of benzene rings is 2. The van der Waals surface area contributed by atoms with Crippen molar-refractivity contribution in [3.05, 3.63) is 59.9 Å². The van der Waals surface area contributed by atoms with Crippen molar-refractivity contribution in [1.82, 2.24) is 4.90 Å². The van der Waals surface area contributed by atoms with Crippen LogP contribution >= 0.6 is 0 Å². The highest BCUT2D eigenvalue weighted by atomic mass is 19.1. The Balaban J connectivity index is 1.65. The summed E-state index contributed by atoms with van der Waals surface area (Å²) in [7, 11) is 0. The Hall–Kier alpha value is -2.89. The van der Waals surface area contributed by atoms with Gasteiger partial charge in [-0.15, -0.1) is 0 Å². The molecular weight excluding hydrogens is 335 g/mol. The number of para-hydroxylation sites is 2. The fourth-order valence-electron chi connectivity index (χ4n) is 3.00. The molecule has 26 heavy (non-hydrogen) atoms. The number of hydrogen-bond acceptors (Lipinski definition) is 3. The molecule has 0 spiro atoms. The first-order chi connectivity index (χ1) is 12.6. The van der Waals surface area contributed by atoms with Crippen LogP contribution in [0.1, 0.15) is 18.9 Å². The second-order valence-corrected chi connectivity index (χ2v) is 6.09. The Morgan fingerprint density at radius 2 is 2.04 bits per heavy atom. The molecule has 0 unspecified atom stereocenters. The lowest BCUT2D eigenvalue weighted by Gasteiger charge is -2.30. The summed E-state index contributed by atoms with van der Waals surface area (Å²) in [5.41, 5.74) is 1.43. The van der Waals surface area contributed by atoms with E-state index in [2.05, 4.69) is 0 Å². The summed E-state index contributed by atoms with van der Waals surface area (Å²) in [4.78, 5) is 28.0. The maximum atomic E-state index is 13.3. The molecule has 1 aliphatic heterocycles. The zero-order valence-corrected chi connectivity index (χ0v) is 14.7. The summed E-state index contributed by atoms with van der Waals surface area (Å²) in [5.74, 6) is 0.0893. The number of halogens is 1. The van der Waals surface area contributed by atoms with Crippen LogP contribution in [0.4, 0.5) is 10.1 Å². The quantitative estimate of drug-likeness (QED) is 0.800. The largest absolute Gasteiger partial charge is 0.482 e. The normalized spacial score (nSPS) is 13.2. The second kappa shape index (κ2) is 7.99. The van der Waals surface area contributed by atoms with Gasteiger partial charge in [0.1, 0.15) is 11.6 Å². The van der Waals surface area contributed by atoms with Crippen LogP contribution in [-0.4, -0.2) is 36.4 Å². The van der Waals surface area contributed by atoms with Crippen molar-refractivity contribution in [2.24, 2.45) is 0 Å². The first-order valence-electron chi connectivity index (χ1n) is 8.63. The van der Waals surface area contributed by atoms with Gasteiger partial charge in [-0.25, -0.2) is 4.39 Å². The van der Waals surface area contributed by atoms with Crippen molar-refractivity contribution in [3.8, 4) is 5.75 Å². The van der Waals surface area contributed by atoms with Gasteiger partial charge in [-0.05, 0) is 36.8 Å². The molecule has 0 aromatic heterocycles. The minimum Gasteiger partial charge on any atom is -0.482 e. The van der Waals surface area contributed by atoms with E-state index in [1.807, 2.05) is 19.1 Å². The van der Waals surface area contributed by atoms with Crippen LogP contribution in [0.2, 0.25) is 0 Å². The molecule has 0 aliphatic carbocycles. The Labute approximate surface area is 152 Å². The van der Waals surface area contributed by atoms with Crippen LogP contribution in [0.3, 0.4) is 0 Å². The fourth-order valence-corrected chi connectivity index (χ4v) is 3.00. The van der Waals surface area contributed by atoms with Gasteiger partial charge in [-0.3, -0.25) is 9.59 Å². The lowest BCUT2D eigenvalue weighted by molar-refractivity contribution is -0.131. The smallest absolute Gasteiger partial charge is 0.265 e. The summed E-state index contributed by atoms with van der Waals surface area (Å²) in [6.45, 7) is 3.01. The lowest BCUT2D eigenvalue weighted by Crippen LogP contribution is -2.41. The van der Waals surface area contributed by atoms with Gasteiger partial charge in [0.15, 0.2) is 6.61 Å². The first kappa shape index (κ1) is 17.9.